The van der Waals surface area contributed by atoms with Gasteiger partial charge in [-0.3, -0.25) is 0 Å². The van der Waals surface area contributed by atoms with Crippen LogP contribution in [0, 0.1) is 19.9 Å². The molecule has 0 aromatic heterocycles. The zero-order valence-electron chi connectivity index (χ0n) is 29.7. The van der Waals surface area contributed by atoms with Gasteiger partial charge in [-0.1, -0.05) is 71.6 Å². The summed E-state index contributed by atoms with van der Waals surface area (Å²) in [5, 5.41) is 0. The molecule has 0 atom stereocenters. The molecule has 0 nitrogen and oxygen atoms in total. The van der Waals surface area contributed by atoms with Crippen LogP contribution < -0.4 is 0 Å². The predicted octanol–water partition coefficient (Wildman–Crippen LogP) is 12.5. The Morgan fingerprint density at radius 3 is 1.54 bits per heavy atom. The number of rotatable bonds is 2. The Balaban J connectivity index is 0.000000197. The van der Waals surface area contributed by atoms with Gasteiger partial charge in [0.1, 0.15) is 0 Å². The zero-order valence-corrected chi connectivity index (χ0v) is 32.2. The van der Waals surface area contributed by atoms with E-state index in [1.165, 1.54) is 68.8 Å². The molecule has 0 radical (unpaired) electrons. The second-order valence-corrected chi connectivity index (χ2v) is 15.9. The van der Waals surface area contributed by atoms with Gasteiger partial charge in [-0.05, 0) is 35.4 Å². The molecule has 0 amide bonds. The van der Waals surface area contributed by atoms with Gasteiger partial charge in [0.25, 0.3) is 0 Å². The van der Waals surface area contributed by atoms with Crippen molar-refractivity contribution in [2.24, 2.45) is 0 Å². The number of hydrogen-bond donors (Lipinski definition) is 0. The molecule has 0 heterocycles. The molecule has 5 aromatic rings. The van der Waals surface area contributed by atoms with Gasteiger partial charge in [0.05, 0.1) is 0 Å². The van der Waals surface area contributed by atoms with E-state index in [2.05, 4.69) is 79.7 Å². The maximum absolute atomic E-state index is 12.7. The zero-order chi connectivity index (χ0) is 37.2. The second kappa shape index (κ2) is 15.0. The van der Waals surface area contributed by atoms with Crippen LogP contribution in [0.5, 0.6) is 0 Å². The molecule has 1 aliphatic carbocycles. The average molecular weight is 764 g/mol. The number of alkyl halides is 6. The molecule has 0 unspecified atom stereocenters. The first kappa shape index (κ1) is 39.4. The van der Waals surface area contributed by atoms with Crippen LogP contribution in [0.4, 0.5) is 26.3 Å². The predicted molar refractivity (Wildman–Crippen MR) is 189 cm³/mol. The van der Waals surface area contributed by atoms with E-state index in [-0.39, 0.29) is 22.0 Å². The molecule has 260 valence electrons. The van der Waals surface area contributed by atoms with E-state index >= 15 is 0 Å². The number of benzene rings is 4. The first-order valence-corrected chi connectivity index (χ1v) is 17.6. The summed E-state index contributed by atoms with van der Waals surface area (Å²) in [4.78, 5) is 0. The van der Waals surface area contributed by atoms with Crippen molar-refractivity contribution in [2.45, 2.75) is 85.0 Å². The maximum Gasteiger partial charge on any atom is -0.172 e. The fraction of sp³-hybridized carbons (Fsp3) is 0.302. The third kappa shape index (κ3) is 9.66. The molecule has 0 spiro atoms. The molecular formula is C43H42F6Zr. The number of halogens is 6. The summed E-state index contributed by atoms with van der Waals surface area (Å²) in [5.74, 6) is 0. The summed E-state index contributed by atoms with van der Waals surface area (Å²) in [7, 11) is 0. The third-order valence-corrected chi connectivity index (χ3v) is 10.0. The maximum atomic E-state index is 12.7. The van der Waals surface area contributed by atoms with Crippen LogP contribution in [0.3, 0.4) is 0 Å². The van der Waals surface area contributed by atoms with E-state index in [9.17, 15) is 26.3 Å². The largest absolute Gasteiger partial charge is 0.214 e. The van der Waals surface area contributed by atoms with E-state index < -0.39 is 23.5 Å². The Kier molecular flexibility index (Phi) is 11.8. The van der Waals surface area contributed by atoms with Crippen molar-refractivity contribution in [3.05, 3.63) is 159 Å². The molecule has 0 N–H and O–H groups in total. The van der Waals surface area contributed by atoms with Crippen molar-refractivity contribution in [2.75, 3.05) is 0 Å². The van der Waals surface area contributed by atoms with Crippen LogP contribution in [-0.2, 0) is 53.8 Å². The second-order valence-electron chi connectivity index (χ2n) is 14.7. The van der Waals surface area contributed by atoms with E-state index in [4.69, 9.17) is 0 Å². The summed E-state index contributed by atoms with van der Waals surface area (Å²) in [6.45, 7) is 18.2. The van der Waals surface area contributed by atoms with Gasteiger partial charge in [0.2, 0.25) is 0 Å². The van der Waals surface area contributed by atoms with Crippen molar-refractivity contribution in [1.82, 2.24) is 0 Å². The van der Waals surface area contributed by atoms with Crippen molar-refractivity contribution >= 4 is 3.21 Å². The molecule has 7 heteroatoms. The fourth-order valence-electron chi connectivity index (χ4n) is 6.21. The van der Waals surface area contributed by atoms with Crippen molar-refractivity contribution < 1.29 is 50.6 Å². The van der Waals surface area contributed by atoms with Gasteiger partial charge < -0.3 is 0 Å². The summed E-state index contributed by atoms with van der Waals surface area (Å²) >= 11 is 0.729. The molecule has 0 saturated heterocycles. The quantitative estimate of drug-likeness (QED) is 0.122. The van der Waals surface area contributed by atoms with Crippen LogP contribution >= 0.6 is 0 Å². The summed E-state index contributed by atoms with van der Waals surface area (Å²) in [6.07, 6.45) is -7.94. The molecule has 0 fully saturated rings. The smallest absolute Gasteiger partial charge is 0.172 e. The Hall–Kier alpha value is -3.44. The van der Waals surface area contributed by atoms with Crippen LogP contribution in [0.1, 0.15) is 97.2 Å². The Bertz CT molecular complexity index is 1800. The molecule has 6 rings (SSSR count). The molecular weight excluding hydrogens is 722 g/mol. The minimum Gasteiger partial charge on any atom is -0.214 e. The number of hydrogen-bond acceptors (Lipinski definition) is 0. The van der Waals surface area contributed by atoms with Crippen molar-refractivity contribution in [3.63, 3.8) is 0 Å². The van der Waals surface area contributed by atoms with Crippen LogP contribution in [-0.4, -0.2) is 3.21 Å². The fourth-order valence-corrected chi connectivity index (χ4v) is 6.98. The van der Waals surface area contributed by atoms with Gasteiger partial charge in [-0.2, -0.15) is 35.9 Å². The van der Waals surface area contributed by atoms with Crippen LogP contribution in [0.25, 0.3) is 11.1 Å². The van der Waals surface area contributed by atoms with E-state index in [0.717, 1.165) is 54.9 Å². The van der Waals surface area contributed by atoms with Gasteiger partial charge >= 0.3 is 137 Å². The van der Waals surface area contributed by atoms with Gasteiger partial charge in [0.15, 0.2) is 0 Å². The monoisotopic (exact) mass is 762 g/mol. The molecule has 50 heavy (non-hydrogen) atoms. The van der Waals surface area contributed by atoms with E-state index in [1.807, 2.05) is 30.3 Å². The summed E-state index contributed by atoms with van der Waals surface area (Å²) in [5.41, 5.74) is 10.5. The molecule has 5 aromatic carbocycles. The first-order valence-electron chi connectivity index (χ1n) is 16.4. The molecule has 0 aliphatic heterocycles. The molecule has 0 saturated carbocycles. The van der Waals surface area contributed by atoms with E-state index in [1.54, 1.807) is 0 Å². The van der Waals surface area contributed by atoms with E-state index in [0.29, 0.717) is 3.21 Å². The van der Waals surface area contributed by atoms with Crippen LogP contribution in [0.15, 0.2) is 97.1 Å². The van der Waals surface area contributed by atoms with Crippen molar-refractivity contribution in [1.29, 1.82) is 0 Å². The molecule has 1 aliphatic rings. The Morgan fingerprint density at radius 1 is 0.640 bits per heavy atom. The average Bonchev–Trinajstić information content (AvgIpc) is 3.70. The third-order valence-electron chi connectivity index (χ3n) is 8.59. The number of aryl methyl sites for hydroxylation is 2. The molecule has 0 bridgehead atoms. The van der Waals surface area contributed by atoms with Crippen molar-refractivity contribution in [3.8, 4) is 11.1 Å². The normalized spacial score (nSPS) is 12.6. The first-order chi connectivity index (χ1) is 23.1. The van der Waals surface area contributed by atoms with Gasteiger partial charge in [0, 0.05) is 0 Å². The SMILES string of the molecule is Cc1[c-]c2c(cc1C(C)(C)C)-c1cc(C(C)(C)C)c(C)cc1C2.FC(F)(F)c1cccc([C](=[Zr+2])c2cccc(C(F)(F)F)c2)c1.c1cc[cH-]c1. The minimum absolute atomic E-state index is 0.163. The topological polar surface area (TPSA) is 0 Å². The Labute approximate surface area is 307 Å². The summed E-state index contributed by atoms with van der Waals surface area (Å²) < 4.78 is 76.7. The number of fused-ring (bicyclic) bond motifs is 3. The van der Waals surface area contributed by atoms with Gasteiger partial charge in [-0.15, -0.1) is 16.7 Å². The van der Waals surface area contributed by atoms with Crippen LogP contribution in [0.2, 0.25) is 0 Å². The standard InChI is InChI=1S/C23H29.C15H8F6.C5H5.Zr/c1-14-9-16-11-17-10-15(2)21(23(6,7)8)13-19(17)18(16)12-20(14)22(3,4)5;16-14(17,18)12-5-1-3-10(8-12)7-11-4-2-6-13(9-11)15(19,20)21;1-2-4-5-3-1;/h9,12-13H,11H2,1-8H3;1-6,8-9H;1-5H;/q-1;;-1;+2. The minimum atomic E-state index is -4.49. The van der Waals surface area contributed by atoms with Gasteiger partial charge in [-0.25, -0.2) is 12.1 Å². The summed E-state index contributed by atoms with van der Waals surface area (Å²) in [6, 6.07) is 30.1. The Morgan fingerprint density at radius 2 is 1.12 bits per heavy atom.